The molecular formula is C21H16GdN6O20. The van der Waals surface area contributed by atoms with Gasteiger partial charge in [-0.25, -0.2) is 14.4 Å². The van der Waals surface area contributed by atoms with Gasteiger partial charge >= 0.3 is 17.9 Å². The third-order valence-electron chi connectivity index (χ3n) is 4.71. The van der Waals surface area contributed by atoms with Crippen LogP contribution in [0.5, 0.6) is 0 Å². The monoisotopic (exact) mass is 830 g/mol. The van der Waals surface area contributed by atoms with Gasteiger partial charge in [0, 0.05) is 76.3 Å². The summed E-state index contributed by atoms with van der Waals surface area (Å²) in [5, 5.41) is 87.7. The molecule has 0 aliphatic rings. The molecule has 48 heavy (non-hydrogen) atoms. The van der Waals surface area contributed by atoms with Gasteiger partial charge in [0.15, 0.2) is 0 Å². The van der Waals surface area contributed by atoms with Gasteiger partial charge in [0.2, 0.25) is 0 Å². The number of aromatic carboxylic acids is 3. The summed E-state index contributed by atoms with van der Waals surface area (Å²) in [6.07, 6.45) is 0. The van der Waals surface area contributed by atoms with Gasteiger partial charge in [-0.2, -0.15) is 0 Å². The van der Waals surface area contributed by atoms with Crippen molar-refractivity contribution in [1.29, 1.82) is 0 Å². The second-order valence-electron chi connectivity index (χ2n) is 7.67. The molecule has 0 aromatic heterocycles. The van der Waals surface area contributed by atoms with E-state index >= 15 is 0 Å². The van der Waals surface area contributed by atoms with Crippen LogP contribution in [0.25, 0.3) is 0 Å². The van der Waals surface area contributed by atoms with E-state index in [1.807, 2.05) is 0 Å². The summed E-state index contributed by atoms with van der Waals surface area (Å²) in [5.41, 5.74) is -5.21. The van der Waals surface area contributed by atoms with E-state index in [1.54, 1.807) is 0 Å². The standard InChI is InChI=1S/3C7H4N2O6.Gd.2H2O/c3*10-7(11)4-1-5(8(12)13)3-6(2-4)9(14)15;;;/h3*1-3H,(H,10,11);;2*1H2. The van der Waals surface area contributed by atoms with Crippen molar-refractivity contribution in [2.24, 2.45) is 0 Å². The number of carboxylic acids is 3. The summed E-state index contributed by atoms with van der Waals surface area (Å²) >= 11 is 0. The molecule has 3 rings (SSSR count). The first-order chi connectivity index (χ1) is 20.7. The van der Waals surface area contributed by atoms with Gasteiger partial charge in [0.05, 0.1) is 64.4 Å². The number of non-ortho nitro benzene ring substituents is 6. The smallest absolute Gasteiger partial charge is 0.336 e. The third kappa shape index (κ3) is 13.8. The van der Waals surface area contributed by atoms with E-state index < -0.39 is 98.3 Å². The second-order valence-corrected chi connectivity index (χ2v) is 7.67. The van der Waals surface area contributed by atoms with Crippen molar-refractivity contribution in [3.63, 3.8) is 0 Å². The van der Waals surface area contributed by atoms with Crippen LogP contribution in [0.3, 0.4) is 0 Å². The first-order valence-electron chi connectivity index (χ1n) is 10.8. The molecule has 3 aromatic carbocycles. The van der Waals surface area contributed by atoms with Crippen LogP contribution in [0, 0.1) is 101 Å². The van der Waals surface area contributed by atoms with Gasteiger partial charge in [0.1, 0.15) is 0 Å². The first-order valence-corrected chi connectivity index (χ1v) is 10.8. The summed E-state index contributed by atoms with van der Waals surface area (Å²) in [6, 6.07) is 6.66. The largest absolute Gasteiger partial charge is 0.478 e. The topological polar surface area (TPSA) is 434 Å². The zero-order chi connectivity index (χ0) is 34.8. The molecule has 0 bridgehead atoms. The Hall–Kier alpha value is -6.29. The predicted molar refractivity (Wildman–Crippen MR) is 147 cm³/mol. The third-order valence-corrected chi connectivity index (χ3v) is 4.71. The van der Waals surface area contributed by atoms with Crippen LogP contribution in [-0.2, 0) is 0 Å². The molecule has 0 fully saturated rings. The number of nitro groups is 6. The fourth-order valence-corrected chi connectivity index (χ4v) is 2.79. The molecule has 0 saturated heterocycles. The van der Waals surface area contributed by atoms with Crippen LogP contribution in [-0.4, -0.2) is 73.7 Å². The Bertz CT molecular complexity index is 1340. The predicted octanol–water partition coefficient (Wildman–Crippen LogP) is 1.95. The van der Waals surface area contributed by atoms with E-state index in [0.717, 1.165) is 36.4 Å². The minimum Gasteiger partial charge on any atom is -0.478 e. The Morgan fingerprint density at radius 1 is 0.375 bits per heavy atom. The maximum Gasteiger partial charge on any atom is 0.336 e. The number of carboxylic acid groups (broad SMARTS) is 3. The maximum atomic E-state index is 10.5. The molecule has 0 saturated carbocycles. The molecule has 0 radical (unpaired) electrons. The summed E-state index contributed by atoms with van der Waals surface area (Å²) in [4.78, 5) is 88.2. The van der Waals surface area contributed by atoms with E-state index in [9.17, 15) is 75.1 Å². The first kappa shape index (κ1) is 46.1. The van der Waals surface area contributed by atoms with E-state index in [4.69, 9.17) is 15.3 Å². The van der Waals surface area contributed by atoms with Crippen molar-refractivity contribution in [1.82, 2.24) is 0 Å². The molecule has 0 heterocycles. The number of hydrogen-bond acceptors (Lipinski definition) is 15. The Morgan fingerprint density at radius 2 is 0.500 bits per heavy atom. The molecule has 258 valence electrons. The number of carbonyl (C=O) groups is 3. The summed E-state index contributed by atoms with van der Waals surface area (Å²) in [6.45, 7) is 0. The molecular weight excluding hydrogens is 814 g/mol. The van der Waals surface area contributed by atoms with Crippen LogP contribution in [0.2, 0.25) is 0 Å². The molecule has 0 unspecified atom stereocenters. The van der Waals surface area contributed by atoms with Crippen molar-refractivity contribution in [2.75, 3.05) is 0 Å². The van der Waals surface area contributed by atoms with Crippen molar-refractivity contribution in [3.05, 3.63) is 132 Å². The average molecular weight is 830 g/mol. The maximum absolute atomic E-state index is 10.5. The van der Waals surface area contributed by atoms with Crippen LogP contribution in [0.1, 0.15) is 31.1 Å². The second kappa shape index (κ2) is 20.0. The van der Waals surface area contributed by atoms with Gasteiger partial charge < -0.3 is 26.3 Å². The Balaban J connectivity index is -0.000000614. The summed E-state index contributed by atoms with van der Waals surface area (Å²) < 4.78 is 0. The number of nitro benzene ring substituents is 6. The molecule has 26 nitrogen and oxygen atoms in total. The normalized spacial score (nSPS) is 9.00. The van der Waals surface area contributed by atoms with Crippen molar-refractivity contribution >= 4 is 52.0 Å². The Labute approximate surface area is 293 Å². The van der Waals surface area contributed by atoms with Gasteiger partial charge in [-0.3, -0.25) is 60.7 Å². The molecule has 0 aliphatic carbocycles. The Morgan fingerprint density at radius 3 is 0.583 bits per heavy atom. The van der Waals surface area contributed by atoms with Crippen LogP contribution < -0.4 is 0 Å². The zero-order valence-electron chi connectivity index (χ0n) is 22.7. The van der Waals surface area contributed by atoms with Crippen LogP contribution in [0.15, 0.2) is 54.6 Å². The fraction of sp³-hybridized carbons (Fsp3) is 0. The van der Waals surface area contributed by atoms with Crippen LogP contribution in [0.4, 0.5) is 34.1 Å². The fourth-order valence-electron chi connectivity index (χ4n) is 2.79. The molecule has 0 atom stereocenters. The summed E-state index contributed by atoms with van der Waals surface area (Å²) in [5.74, 6) is -4.37. The minimum atomic E-state index is -1.46. The van der Waals surface area contributed by atoms with Gasteiger partial charge in [0.25, 0.3) is 34.1 Å². The van der Waals surface area contributed by atoms with E-state index in [0.29, 0.717) is 18.2 Å². The van der Waals surface area contributed by atoms with Crippen LogP contribution >= 0.6 is 0 Å². The minimum absolute atomic E-state index is 0. The van der Waals surface area contributed by atoms with E-state index in [2.05, 4.69) is 0 Å². The number of nitrogens with zero attached hydrogens (tertiary/aromatic N) is 6. The number of hydrogen-bond donors (Lipinski definition) is 3. The van der Waals surface area contributed by atoms with Gasteiger partial charge in [-0.05, 0) is 0 Å². The number of rotatable bonds is 9. The molecule has 7 N–H and O–H groups in total. The summed E-state index contributed by atoms with van der Waals surface area (Å²) in [7, 11) is 0. The zero-order valence-corrected chi connectivity index (χ0v) is 25.0. The molecule has 0 aliphatic heterocycles. The molecule has 3 aromatic rings. The molecule has 0 amide bonds. The molecule has 27 heteroatoms. The van der Waals surface area contributed by atoms with Crippen molar-refractivity contribution in [2.45, 2.75) is 0 Å². The van der Waals surface area contributed by atoms with Gasteiger partial charge in [-0.1, -0.05) is 0 Å². The van der Waals surface area contributed by atoms with E-state index in [1.165, 1.54) is 0 Å². The molecule has 0 spiro atoms. The number of benzene rings is 3. The Kier molecular flexibility index (Phi) is 19.2. The quantitative estimate of drug-likeness (QED) is 0.205. The van der Waals surface area contributed by atoms with Crippen molar-refractivity contribution in [3.8, 4) is 0 Å². The van der Waals surface area contributed by atoms with Gasteiger partial charge in [-0.15, -0.1) is 0 Å². The van der Waals surface area contributed by atoms with E-state index in [-0.39, 0.29) is 50.9 Å². The SMILES string of the molecule is O.O.O=C(O)c1cc([N+](=O)[O-])cc([N+](=O)[O-])c1.O=C(O)c1cc([N+](=O)[O-])cc([N+](=O)[O-])c1.O=C(O)c1cc([N+](=O)[O-])cc([N+](=O)[O-])c1.[Gd]. The van der Waals surface area contributed by atoms with Crippen molar-refractivity contribution < 1.29 is 110 Å². The average Bonchev–Trinajstić information content (AvgIpc) is 2.96.